The van der Waals surface area contributed by atoms with E-state index in [-0.39, 0.29) is 0 Å². The minimum atomic E-state index is -5.68. The van der Waals surface area contributed by atoms with Crippen LogP contribution in [0.15, 0.2) is 0 Å². The molecule has 1 N–H and O–H groups in total. The van der Waals surface area contributed by atoms with Gasteiger partial charge in [-0.25, -0.2) is 4.39 Å². The molecule has 0 aromatic carbocycles. The van der Waals surface area contributed by atoms with Crippen LogP contribution in [-0.4, -0.2) is 29.0 Å². The van der Waals surface area contributed by atoms with Crippen LogP contribution in [0.2, 0.25) is 0 Å². The van der Waals surface area contributed by atoms with Gasteiger partial charge in [0.1, 0.15) is 5.60 Å². The third kappa shape index (κ3) is 2.49. The molecule has 0 aliphatic heterocycles. The third-order valence-corrected chi connectivity index (χ3v) is 1.42. The van der Waals surface area contributed by atoms with E-state index < -0.39 is 23.9 Å². The lowest BCUT2D eigenvalue weighted by molar-refractivity contribution is -0.286. The highest BCUT2D eigenvalue weighted by atomic mass is 19.4. The number of hydrogen-bond acceptors (Lipinski definition) is 1. The standard InChI is InChI=1S/C6H8F6O/c1-4(2,13)5(8,9)3(7)6(10,11)12/h3,13H,1-2H3. The molecule has 1 nitrogen and oxygen atoms in total. The first-order valence-electron chi connectivity index (χ1n) is 3.21. The van der Waals surface area contributed by atoms with Crippen LogP contribution in [0.3, 0.4) is 0 Å². The molecule has 0 rings (SSSR count). The van der Waals surface area contributed by atoms with E-state index in [2.05, 4.69) is 0 Å². The molecule has 0 amide bonds. The Bertz CT molecular complexity index is 179. The number of halogens is 6. The second-order valence-electron chi connectivity index (χ2n) is 3.09. The molecule has 0 aromatic heterocycles. The number of hydrogen-bond donors (Lipinski definition) is 1. The lowest BCUT2D eigenvalue weighted by Gasteiger charge is -2.32. The SMILES string of the molecule is CC(C)(O)C(F)(F)C(F)C(F)(F)F. The van der Waals surface area contributed by atoms with E-state index in [1.165, 1.54) is 0 Å². The fourth-order valence-electron chi connectivity index (χ4n) is 0.516. The minimum absolute atomic E-state index is 0.408. The molecule has 1 atom stereocenters. The highest BCUT2D eigenvalue weighted by Gasteiger charge is 2.63. The van der Waals surface area contributed by atoms with Gasteiger partial charge in [-0.05, 0) is 13.8 Å². The van der Waals surface area contributed by atoms with Crippen molar-refractivity contribution in [1.29, 1.82) is 0 Å². The topological polar surface area (TPSA) is 20.2 Å². The molecule has 0 aromatic rings. The Labute approximate surface area is 70.4 Å². The maximum Gasteiger partial charge on any atom is 0.425 e. The number of alkyl halides is 6. The van der Waals surface area contributed by atoms with E-state index in [1.54, 1.807) is 0 Å². The predicted octanol–water partition coefficient (Wildman–Crippen LogP) is 2.29. The van der Waals surface area contributed by atoms with Gasteiger partial charge in [-0.3, -0.25) is 0 Å². The Kier molecular flexibility index (Phi) is 2.93. The summed E-state index contributed by atoms with van der Waals surface area (Å²) in [5.74, 6) is -4.86. The molecule has 13 heavy (non-hydrogen) atoms. The largest absolute Gasteiger partial charge is 0.425 e. The van der Waals surface area contributed by atoms with Gasteiger partial charge in [0, 0.05) is 0 Å². The van der Waals surface area contributed by atoms with Crippen LogP contribution in [0.4, 0.5) is 26.3 Å². The van der Waals surface area contributed by atoms with Crippen LogP contribution in [-0.2, 0) is 0 Å². The average Bonchev–Trinajstić information content (AvgIpc) is 1.81. The Morgan fingerprint density at radius 2 is 1.31 bits per heavy atom. The second-order valence-corrected chi connectivity index (χ2v) is 3.09. The first-order chi connectivity index (χ1) is 5.40. The smallest absolute Gasteiger partial charge is 0.384 e. The van der Waals surface area contributed by atoms with Crippen LogP contribution in [0.5, 0.6) is 0 Å². The van der Waals surface area contributed by atoms with Gasteiger partial charge >= 0.3 is 12.1 Å². The summed E-state index contributed by atoms with van der Waals surface area (Å²) in [5.41, 5.74) is -3.05. The van der Waals surface area contributed by atoms with Crippen LogP contribution in [0.25, 0.3) is 0 Å². The first kappa shape index (κ1) is 12.5. The average molecular weight is 210 g/mol. The molecule has 7 heteroatoms. The molecule has 0 aliphatic rings. The summed E-state index contributed by atoms with van der Waals surface area (Å²) >= 11 is 0. The summed E-state index contributed by atoms with van der Waals surface area (Å²) in [6.07, 6.45) is -10.0. The van der Waals surface area contributed by atoms with Crippen LogP contribution in [0.1, 0.15) is 13.8 Å². The molecule has 0 saturated carbocycles. The Morgan fingerprint density at radius 1 is 1.00 bits per heavy atom. The number of aliphatic hydroxyl groups is 1. The fraction of sp³-hybridized carbons (Fsp3) is 1.00. The van der Waals surface area contributed by atoms with Crippen LogP contribution < -0.4 is 0 Å². The zero-order chi connectivity index (χ0) is 11.1. The minimum Gasteiger partial charge on any atom is -0.384 e. The van der Waals surface area contributed by atoms with E-state index in [0.717, 1.165) is 0 Å². The van der Waals surface area contributed by atoms with Gasteiger partial charge < -0.3 is 5.11 Å². The van der Waals surface area contributed by atoms with Crippen molar-refractivity contribution in [2.45, 2.75) is 37.7 Å². The Balaban J connectivity index is 4.86. The van der Waals surface area contributed by atoms with Crippen LogP contribution >= 0.6 is 0 Å². The fourth-order valence-corrected chi connectivity index (χ4v) is 0.516. The lowest BCUT2D eigenvalue weighted by Crippen LogP contribution is -2.54. The van der Waals surface area contributed by atoms with Crippen molar-refractivity contribution in [2.75, 3.05) is 0 Å². The Morgan fingerprint density at radius 3 is 1.38 bits per heavy atom. The molecule has 1 unspecified atom stereocenters. The lowest BCUT2D eigenvalue weighted by atomic mass is 9.96. The van der Waals surface area contributed by atoms with Gasteiger partial charge in [0.05, 0.1) is 0 Å². The van der Waals surface area contributed by atoms with E-state index >= 15 is 0 Å². The summed E-state index contributed by atoms with van der Waals surface area (Å²) < 4.78 is 71.6. The summed E-state index contributed by atoms with van der Waals surface area (Å²) in [4.78, 5) is 0. The molecule has 0 heterocycles. The van der Waals surface area contributed by atoms with Crippen molar-refractivity contribution < 1.29 is 31.4 Å². The quantitative estimate of drug-likeness (QED) is 0.693. The zero-order valence-corrected chi connectivity index (χ0v) is 6.79. The van der Waals surface area contributed by atoms with Gasteiger partial charge in [-0.15, -0.1) is 0 Å². The maximum absolute atomic E-state index is 12.5. The molecule has 0 aliphatic carbocycles. The summed E-state index contributed by atoms with van der Waals surface area (Å²) in [5, 5.41) is 8.59. The molecule has 0 fully saturated rings. The van der Waals surface area contributed by atoms with Crippen molar-refractivity contribution in [3.8, 4) is 0 Å². The zero-order valence-electron chi connectivity index (χ0n) is 6.79. The summed E-state index contributed by atoms with van der Waals surface area (Å²) in [7, 11) is 0. The second kappa shape index (κ2) is 3.04. The van der Waals surface area contributed by atoms with Crippen molar-refractivity contribution in [3.05, 3.63) is 0 Å². The van der Waals surface area contributed by atoms with Gasteiger partial charge in [-0.1, -0.05) is 0 Å². The molecular formula is C6H8F6O. The van der Waals surface area contributed by atoms with E-state index in [1.807, 2.05) is 0 Å². The van der Waals surface area contributed by atoms with Crippen molar-refractivity contribution in [2.24, 2.45) is 0 Å². The Hall–Kier alpha value is -0.460. The van der Waals surface area contributed by atoms with Crippen molar-refractivity contribution in [3.63, 3.8) is 0 Å². The molecular weight excluding hydrogens is 202 g/mol. The van der Waals surface area contributed by atoms with Gasteiger partial charge in [-0.2, -0.15) is 22.0 Å². The van der Waals surface area contributed by atoms with Crippen molar-refractivity contribution >= 4 is 0 Å². The van der Waals surface area contributed by atoms with Gasteiger partial charge in [0.2, 0.25) is 0 Å². The van der Waals surface area contributed by atoms with Crippen molar-refractivity contribution in [1.82, 2.24) is 0 Å². The normalized spacial score (nSPS) is 17.3. The van der Waals surface area contributed by atoms with E-state index in [0.29, 0.717) is 13.8 Å². The molecule has 80 valence electrons. The predicted molar refractivity (Wildman–Crippen MR) is 32.2 cm³/mol. The highest BCUT2D eigenvalue weighted by Crippen LogP contribution is 2.41. The van der Waals surface area contributed by atoms with Gasteiger partial charge in [0.15, 0.2) is 0 Å². The molecule has 0 radical (unpaired) electrons. The highest BCUT2D eigenvalue weighted by molar-refractivity contribution is 4.94. The summed E-state index contributed by atoms with van der Waals surface area (Å²) in [6, 6.07) is 0. The van der Waals surface area contributed by atoms with Gasteiger partial charge in [0.25, 0.3) is 6.17 Å². The molecule has 0 bridgehead atoms. The monoisotopic (exact) mass is 210 g/mol. The molecule has 0 saturated heterocycles. The van der Waals surface area contributed by atoms with Crippen LogP contribution in [0, 0.1) is 0 Å². The van der Waals surface area contributed by atoms with E-state index in [4.69, 9.17) is 5.11 Å². The first-order valence-corrected chi connectivity index (χ1v) is 3.21. The molecule has 0 spiro atoms. The third-order valence-electron chi connectivity index (χ3n) is 1.42. The van der Waals surface area contributed by atoms with E-state index in [9.17, 15) is 26.3 Å². The summed E-state index contributed by atoms with van der Waals surface area (Å²) in [6.45, 7) is 0.816. The number of rotatable bonds is 2. The maximum atomic E-state index is 12.5.